The standard InChI is InChI=1S/C20H21BrFN3OS/c1-3-24(4-2)10-11-25(19(26)14-6-5-7-15(21)12-14)20-23-17-9-8-16(22)13-18(17)27-20/h5-9,12-13H,3-4,10-11H2,1-2H3. The van der Waals surface area contributed by atoms with Crippen molar-refractivity contribution >= 4 is 48.5 Å². The Labute approximate surface area is 170 Å². The molecule has 0 spiro atoms. The number of likely N-dealkylation sites (N-methyl/N-ethyl adjacent to an activating group) is 1. The van der Waals surface area contributed by atoms with E-state index in [0.717, 1.165) is 28.8 Å². The molecular formula is C20H21BrFN3OS. The minimum Gasteiger partial charge on any atom is -0.302 e. The zero-order valence-electron chi connectivity index (χ0n) is 15.3. The lowest BCUT2D eigenvalue weighted by Gasteiger charge is -2.24. The third-order valence-corrected chi connectivity index (χ3v) is 5.96. The zero-order chi connectivity index (χ0) is 19.4. The summed E-state index contributed by atoms with van der Waals surface area (Å²) < 4.78 is 15.1. The van der Waals surface area contributed by atoms with Gasteiger partial charge in [0.25, 0.3) is 5.91 Å². The summed E-state index contributed by atoms with van der Waals surface area (Å²) in [5, 5.41) is 0.590. The van der Waals surface area contributed by atoms with Crippen LogP contribution in [0, 0.1) is 5.82 Å². The van der Waals surface area contributed by atoms with Gasteiger partial charge >= 0.3 is 0 Å². The SMILES string of the molecule is CCN(CC)CCN(C(=O)c1cccc(Br)c1)c1nc2ccc(F)cc2s1. The number of amides is 1. The first-order valence-electron chi connectivity index (χ1n) is 8.87. The van der Waals surface area contributed by atoms with Crippen LogP contribution >= 0.6 is 27.3 Å². The van der Waals surface area contributed by atoms with E-state index in [1.54, 1.807) is 23.1 Å². The number of hydrogen-bond acceptors (Lipinski definition) is 4. The largest absolute Gasteiger partial charge is 0.302 e. The van der Waals surface area contributed by atoms with Crippen molar-refractivity contribution in [2.75, 3.05) is 31.1 Å². The van der Waals surface area contributed by atoms with Gasteiger partial charge in [-0.2, -0.15) is 0 Å². The molecule has 4 nitrogen and oxygen atoms in total. The Morgan fingerprint density at radius 3 is 2.63 bits per heavy atom. The summed E-state index contributed by atoms with van der Waals surface area (Å²) >= 11 is 4.76. The quantitative estimate of drug-likeness (QED) is 0.498. The van der Waals surface area contributed by atoms with Crippen molar-refractivity contribution < 1.29 is 9.18 Å². The predicted molar refractivity (Wildman–Crippen MR) is 113 cm³/mol. The van der Waals surface area contributed by atoms with Crippen LogP contribution in [-0.2, 0) is 0 Å². The van der Waals surface area contributed by atoms with E-state index < -0.39 is 0 Å². The smallest absolute Gasteiger partial charge is 0.260 e. The summed E-state index contributed by atoms with van der Waals surface area (Å²) in [7, 11) is 0. The summed E-state index contributed by atoms with van der Waals surface area (Å²) in [5.41, 5.74) is 1.29. The van der Waals surface area contributed by atoms with E-state index in [9.17, 15) is 9.18 Å². The second-order valence-electron chi connectivity index (χ2n) is 6.10. The van der Waals surface area contributed by atoms with Crippen LogP contribution in [0.3, 0.4) is 0 Å². The fraction of sp³-hybridized carbons (Fsp3) is 0.300. The van der Waals surface area contributed by atoms with Gasteiger partial charge in [0, 0.05) is 23.1 Å². The molecule has 1 aromatic heterocycles. The molecule has 0 N–H and O–H groups in total. The van der Waals surface area contributed by atoms with Gasteiger partial charge < -0.3 is 4.90 Å². The Morgan fingerprint density at radius 1 is 1.15 bits per heavy atom. The Balaban J connectivity index is 1.96. The van der Waals surface area contributed by atoms with Crippen molar-refractivity contribution in [3.05, 3.63) is 58.3 Å². The highest BCUT2D eigenvalue weighted by molar-refractivity contribution is 9.10. The summed E-state index contributed by atoms with van der Waals surface area (Å²) in [6.07, 6.45) is 0. The number of hydrogen-bond donors (Lipinski definition) is 0. The number of carbonyl (C=O) groups excluding carboxylic acids is 1. The molecule has 0 saturated carbocycles. The van der Waals surface area contributed by atoms with Gasteiger partial charge in [-0.05, 0) is 49.5 Å². The van der Waals surface area contributed by atoms with Gasteiger partial charge in [-0.1, -0.05) is 47.2 Å². The van der Waals surface area contributed by atoms with Gasteiger partial charge in [0.2, 0.25) is 0 Å². The van der Waals surface area contributed by atoms with Crippen molar-refractivity contribution in [2.45, 2.75) is 13.8 Å². The summed E-state index contributed by atoms with van der Waals surface area (Å²) in [4.78, 5) is 21.7. The van der Waals surface area contributed by atoms with Crippen LogP contribution in [0.15, 0.2) is 46.9 Å². The van der Waals surface area contributed by atoms with Gasteiger partial charge in [-0.3, -0.25) is 9.69 Å². The van der Waals surface area contributed by atoms with Gasteiger partial charge in [0.1, 0.15) is 5.82 Å². The molecule has 0 fully saturated rings. The molecule has 0 radical (unpaired) electrons. The predicted octanol–water partition coefficient (Wildman–Crippen LogP) is 5.19. The second kappa shape index (κ2) is 8.91. The number of thiazole rings is 1. The van der Waals surface area contributed by atoms with E-state index >= 15 is 0 Å². The lowest BCUT2D eigenvalue weighted by Crippen LogP contribution is -2.38. The lowest BCUT2D eigenvalue weighted by atomic mass is 10.2. The van der Waals surface area contributed by atoms with Gasteiger partial charge in [0.15, 0.2) is 5.13 Å². The van der Waals surface area contributed by atoms with Crippen LogP contribution in [0.1, 0.15) is 24.2 Å². The van der Waals surface area contributed by atoms with Crippen LogP contribution in [-0.4, -0.2) is 42.0 Å². The van der Waals surface area contributed by atoms with Gasteiger partial charge in [-0.15, -0.1) is 0 Å². The molecular weight excluding hydrogens is 429 g/mol. The molecule has 2 aromatic carbocycles. The lowest BCUT2D eigenvalue weighted by molar-refractivity contribution is 0.0983. The first kappa shape index (κ1) is 19.9. The fourth-order valence-electron chi connectivity index (χ4n) is 2.84. The molecule has 7 heteroatoms. The number of fused-ring (bicyclic) bond motifs is 1. The molecule has 1 amide bonds. The second-order valence-corrected chi connectivity index (χ2v) is 8.03. The van der Waals surface area contributed by atoms with E-state index in [0.29, 0.717) is 22.8 Å². The summed E-state index contributed by atoms with van der Waals surface area (Å²) in [6, 6.07) is 11.8. The zero-order valence-corrected chi connectivity index (χ0v) is 17.7. The molecule has 0 bridgehead atoms. The minimum absolute atomic E-state index is 0.108. The van der Waals surface area contributed by atoms with Crippen LogP contribution in [0.25, 0.3) is 10.2 Å². The summed E-state index contributed by atoms with van der Waals surface area (Å²) in [5.74, 6) is -0.409. The number of carbonyl (C=O) groups is 1. The van der Waals surface area contributed by atoms with Crippen LogP contribution in [0.5, 0.6) is 0 Å². The number of benzene rings is 2. The minimum atomic E-state index is -0.300. The highest BCUT2D eigenvalue weighted by atomic mass is 79.9. The van der Waals surface area contributed by atoms with Crippen molar-refractivity contribution in [1.82, 2.24) is 9.88 Å². The normalized spacial score (nSPS) is 11.3. The molecule has 0 unspecified atom stereocenters. The number of halogens is 2. The molecule has 0 aliphatic rings. The number of rotatable bonds is 7. The maximum Gasteiger partial charge on any atom is 0.260 e. The monoisotopic (exact) mass is 449 g/mol. The maximum absolute atomic E-state index is 13.5. The number of anilines is 1. The molecule has 0 aliphatic carbocycles. The first-order valence-corrected chi connectivity index (χ1v) is 10.5. The summed E-state index contributed by atoms with van der Waals surface area (Å²) in [6.45, 7) is 7.31. The first-order chi connectivity index (χ1) is 13.0. The third-order valence-electron chi connectivity index (χ3n) is 4.42. The van der Waals surface area contributed by atoms with Crippen molar-refractivity contribution in [2.24, 2.45) is 0 Å². The van der Waals surface area contributed by atoms with Gasteiger partial charge in [-0.25, -0.2) is 9.37 Å². The van der Waals surface area contributed by atoms with E-state index in [-0.39, 0.29) is 11.7 Å². The van der Waals surface area contributed by atoms with E-state index in [2.05, 4.69) is 39.7 Å². The topological polar surface area (TPSA) is 36.4 Å². The van der Waals surface area contributed by atoms with E-state index in [1.807, 2.05) is 12.1 Å². The molecule has 0 saturated heterocycles. The molecule has 27 heavy (non-hydrogen) atoms. The Kier molecular flexibility index (Phi) is 6.57. The highest BCUT2D eigenvalue weighted by Crippen LogP contribution is 2.30. The molecule has 0 atom stereocenters. The number of nitrogens with zero attached hydrogens (tertiary/aromatic N) is 3. The van der Waals surface area contributed by atoms with E-state index in [1.165, 1.54) is 23.5 Å². The fourth-order valence-corrected chi connectivity index (χ4v) is 4.26. The van der Waals surface area contributed by atoms with Crippen molar-refractivity contribution in [3.8, 4) is 0 Å². The average Bonchev–Trinajstić information content (AvgIpc) is 3.07. The van der Waals surface area contributed by atoms with Crippen LogP contribution < -0.4 is 4.90 Å². The Bertz CT molecular complexity index is 942. The maximum atomic E-state index is 13.5. The average molecular weight is 450 g/mol. The van der Waals surface area contributed by atoms with Crippen molar-refractivity contribution in [3.63, 3.8) is 0 Å². The highest BCUT2D eigenvalue weighted by Gasteiger charge is 2.22. The van der Waals surface area contributed by atoms with Crippen LogP contribution in [0.2, 0.25) is 0 Å². The molecule has 1 heterocycles. The van der Waals surface area contributed by atoms with E-state index in [4.69, 9.17) is 0 Å². The van der Waals surface area contributed by atoms with Crippen LogP contribution in [0.4, 0.5) is 9.52 Å². The molecule has 3 aromatic rings. The third kappa shape index (κ3) is 4.72. The van der Waals surface area contributed by atoms with Crippen molar-refractivity contribution in [1.29, 1.82) is 0 Å². The molecule has 3 rings (SSSR count). The van der Waals surface area contributed by atoms with Gasteiger partial charge in [0.05, 0.1) is 10.2 Å². The molecule has 142 valence electrons. The Hall–Kier alpha value is -1.83. The Morgan fingerprint density at radius 2 is 1.93 bits per heavy atom. The number of aromatic nitrogens is 1. The molecule has 0 aliphatic heterocycles.